The van der Waals surface area contributed by atoms with Crippen LogP contribution in [0.2, 0.25) is 0 Å². The lowest BCUT2D eigenvalue weighted by Gasteiger charge is -2.35. The van der Waals surface area contributed by atoms with E-state index in [-0.39, 0.29) is 10.8 Å². The van der Waals surface area contributed by atoms with Gasteiger partial charge in [0.15, 0.2) is 0 Å². The Morgan fingerprint density at radius 3 is 1.00 bits per heavy atom. The molecule has 0 spiro atoms. The summed E-state index contributed by atoms with van der Waals surface area (Å²) in [5.41, 5.74) is 0. The molecule has 42 heavy (non-hydrogen) atoms. The highest BCUT2D eigenvalue weighted by Gasteiger charge is 2.20. The molecule has 0 radical (unpaired) electrons. The molecule has 2 aromatic rings. The van der Waals surface area contributed by atoms with Gasteiger partial charge in [-0.1, -0.05) is 51.0 Å². The second kappa shape index (κ2) is 19.7. The molecule has 2 aromatic carbocycles. The van der Waals surface area contributed by atoms with Gasteiger partial charge in [0.05, 0.1) is 62.1 Å². The highest BCUT2D eigenvalue weighted by Crippen LogP contribution is 2.28. The third-order valence-corrected chi connectivity index (χ3v) is 10.7. The van der Waals surface area contributed by atoms with Crippen molar-refractivity contribution < 1.29 is 34.9 Å². The number of rotatable bonds is 16. The first-order valence-corrected chi connectivity index (χ1v) is 18.6. The van der Waals surface area contributed by atoms with Crippen molar-refractivity contribution in [3.05, 3.63) is 36.4 Å². The first kappa shape index (κ1) is 40.4. The molecule has 10 heteroatoms. The van der Waals surface area contributed by atoms with E-state index in [1.54, 1.807) is 0 Å². The summed E-state index contributed by atoms with van der Waals surface area (Å²) in [6.07, 6.45) is 8.31. The van der Waals surface area contributed by atoms with Crippen LogP contribution in [0, 0.1) is 0 Å². The third kappa shape index (κ3) is 13.0. The van der Waals surface area contributed by atoms with Crippen molar-refractivity contribution in [2.75, 3.05) is 52.4 Å². The summed E-state index contributed by atoms with van der Waals surface area (Å²) in [7, 11) is -9.48. The number of nitrogens with zero attached hydrogens (tertiary/aromatic N) is 2. The first-order valence-electron chi connectivity index (χ1n) is 15.8. The quantitative estimate of drug-likeness (QED) is 0.115. The molecule has 244 valence electrons. The van der Waals surface area contributed by atoms with Gasteiger partial charge in [0.1, 0.15) is 20.2 Å². The Labute approximate surface area is 257 Å². The Morgan fingerprint density at radius 2 is 0.786 bits per heavy atom. The summed E-state index contributed by atoms with van der Waals surface area (Å²) in [5.74, 6) is 0. The molecule has 8 nitrogen and oxygen atoms in total. The van der Waals surface area contributed by atoms with E-state index >= 15 is 0 Å². The van der Waals surface area contributed by atoms with Crippen molar-refractivity contribution in [2.24, 2.45) is 0 Å². The summed E-state index contributed by atoms with van der Waals surface area (Å²) < 4.78 is 68.8. The van der Waals surface area contributed by atoms with Crippen molar-refractivity contribution in [3.8, 4) is 0 Å². The van der Waals surface area contributed by atoms with Crippen LogP contribution in [0.15, 0.2) is 46.2 Å². The minimum absolute atomic E-state index is 0.0792. The van der Waals surface area contributed by atoms with Gasteiger partial charge in [-0.2, -0.15) is 0 Å². The summed E-state index contributed by atoms with van der Waals surface area (Å²) in [6.45, 7) is 29.0. The molecule has 0 fully saturated rings. The molecule has 0 atom stereocenters. The molecule has 0 amide bonds. The third-order valence-electron chi connectivity index (χ3n) is 8.88. The van der Waals surface area contributed by atoms with E-state index in [4.69, 9.17) is 0 Å². The summed E-state index contributed by atoms with van der Waals surface area (Å²) in [4.78, 5) is -1.10. The van der Waals surface area contributed by atoms with E-state index in [9.17, 15) is 25.9 Å². The number of benzene rings is 2. The molecule has 2 rings (SSSR count). The van der Waals surface area contributed by atoms with Crippen LogP contribution >= 0.6 is 0 Å². The lowest BCUT2D eigenvalue weighted by atomic mass is 10.1. The summed E-state index contributed by atoms with van der Waals surface area (Å²) >= 11 is 0. The average Bonchev–Trinajstić information content (AvgIpc) is 2.97. The predicted molar refractivity (Wildman–Crippen MR) is 172 cm³/mol. The SMILES string of the molecule is CCCCC[N+](CC)(CC)CC.CCCCC[N+](CC)(CC)CC.O=S(=O)([O-])c1cccc2c(S(=O)(=O)[O-])cccc12. The molecule has 0 bridgehead atoms. The molecule has 0 saturated carbocycles. The molecule has 0 aromatic heterocycles. The Hall–Kier alpha value is -1.56. The number of quaternary nitrogens is 2. The highest BCUT2D eigenvalue weighted by atomic mass is 32.2. The van der Waals surface area contributed by atoms with Crippen LogP contribution in [0.3, 0.4) is 0 Å². The summed E-state index contributed by atoms with van der Waals surface area (Å²) in [5, 5.41) is -0.158. The largest absolute Gasteiger partial charge is 0.744 e. The van der Waals surface area contributed by atoms with Gasteiger partial charge in [-0.15, -0.1) is 0 Å². The van der Waals surface area contributed by atoms with Gasteiger partial charge in [-0.3, -0.25) is 0 Å². The Balaban J connectivity index is 0.000000625. The Morgan fingerprint density at radius 1 is 0.500 bits per heavy atom. The number of hydrogen-bond donors (Lipinski definition) is 0. The Bertz CT molecular complexity index is 1130. The van der Waals surface area contributed by atoms with Gasteiger partial charge in [-0.25, -0.2) is 16.8 Å². The smallest absolute Gasteiger partial charge is 0.125 e. The van der Waals surface area contributed by atoms with Crippen molar-refractivity contribution >= 4 is 31.0 Å². The number of unbranched alkanes of at least 4 members (excludes halogenated alkanes) is 4. The molecule has 0 aliphatic heterocycles. The molecule has 0 aliphatic carbocycles. The second-order valence-corrected chi connectivity index (χ2v) is 13.7. The van der Waals surface area contributed by atoms with Crippen molar-refractivity contribution in [3.63, 3.8) is 0 Å². The first-order chi connectivity index (χ1) is 19.7. The molecule has 0 heterocycles. The fourth-order valence-corrected chi connectivity index (χ4v) is 6.76. The van der Waals surface area contributed by atoms with Crippen LogP contribution in [0.25, 0.3) is 10.8 Å². The lowest BCUT2D eigenvalue weighted by molar-refractivity contribution is -0.923. The van der Waals surface area contributed by atoms with Crippen molar-refractivity contribution in [1.82, 2.24) is 0 Å². The van der Waals surface area contributed by atoms with E-state index in [1.165, 1.54) is 124 Å². The lowest BCUT2D eigenvalue weighted by Crippen LogP contribution is -2.48. The molecular weight excluding hydrogens is 572 g/mol. The monoisotopic (exact) mass is 630 g/mol. The van der Waals surface area contributed by atoms with Gasteiger partial charge in [0, 0.05) is 10.8 Å². The van der Waals surface area contributed by atoms with E-state index in [2.05, 4.69) is 55.4 Å². The number of fused-ring (bicyclic) bond motifs is 1. The minimum atomic E-state index is -4.74. The van der Waals surface area contributed by atoms with Crippen LogP contribution in [-0.2, 0) is 20.2 Å². The zero-order valence-electron chi connectivity index (χ0n) is 27.5. The predicted octanol–water partition coefficient (Wildman–Crippen LogP) is 6.75. The normalized spacial score (nSPS) is 12.3. The van der Waals surface area contributed by atoms with Gasteiger partial charge in [0.25, 0.3) is 0 Å². The van der Waals surface area contributed by atoms with Crippen LogP contribution in [-0.4, -0.2) is 87.3 Å². The maximum absolute atomic E-state index is 11.0. The second-order valence-electron chi connectivity index (χ2n) is 11.0. The van der Waals surface area contributed by atoms with Crippen LogP contribution in [0.5, 0.6) is 0 Å². The average molecular weight is 631 g/mol. The number of hydrogen-bond acceptors (Lipinski definition) is 6. The van der Waals surface area contributed by atoms with Crippen molar-refractivity contribution in [2.45, 2.75) is 104 Å². The van der Waals surface area contributed by atoms with Crippen molar-refractivity contribution in [1.29, 1.82) is 0 Å². The van der Waals surface area contributed by atoms with E-state index in [1.807, 2.05) is 0 Å². The topological polar surface area (TPSA) is 114 Å². The van der Waals surface area contributed by atoms with E-state index in [0.29, 0.717) is 0 Å². The fourth-order valence-electron chi connectivity index (χ4n) is 5.37. The van der Waals surface area contributed by atoms with E-state index < -0.39 is 30.0 Å². The van der Waals surface area contributed by atoms with E-state index in [0.717, 1.165) is 12.1 Å². The van der Waals surface area contributed by atoms with Crippen LogP contribution in [0.4, 0.5) is 0 Å². The minimum Gasteiger partial charge on any atom is -0.744 e. The van der Waals surface area contributed by atoms with Gasteiger partial charge >= 0.3 is 0 Å². The maximum Gasteiger partial charge on any atom is 0.125 e. The molecule has 0 aliphatic rings. The molecular formula is C32H58N2O6S2. The molecule has 0 N–H and O–H groups in total. The Kier molecular flexibility index (Phi) is 18.9. The maximum atomic E-state index is 11.0. The zero-order chi connectivity index (χ0) is 32.5. The van der Waals surface area contributed by atoms with Gasteiger partial charge in [-0.05, 0) is 79.4 Å². The van der Waals surface area contributed by atoms with Crippen LogP contribution < -0.4 is 0 Å². The zero-order valence-corrected chi connectivity index (χ0v) is 29.2. The highest BCUT2D eigenvalue weighted by molar-refractivity contribution is 7.86. The van der Waals surface area contributed by atoms with Gasteiger partial charge in [0.2, 0.25) is 0 Å². The van der Waals surface area contributed by atoms with Gasteiger partial charge < -0.3 is 18.1 Å². The standard InChI is InChI=1S/2C11H26N.C10H8O6S2/c2*1-5-9-10-11-12(6-2,7-3)8-4;11-17(12,13)9-5-1-3-7-8(9)4-2-6-10(7)18(14,15)16/h2*5-11H2,1-4H3;1-6H,(H,11,12,13)(H,14,15,16)/q2*+1;/p-2. The van der Waals surface area contributed by atoms with Crippen LogP contribution in [0.1, 0.15) is 93.9 Å². The summed E-state index contributed by atoms with van der Waals surface area (Å²) in [6, 6.07) is 7.09. The fraction of sp³-hybridized carbons (Fsp3) is 0.688. The molecule has 0 unspecified atom stereocenters. The molecule has 0 saturated heterocycles.